The van der Waals surface area contributed by atoms with Crippen molar-refractivity contribution in [3.8, 4) is 5.75 Å². The third-order valence-electron chi connectivity index (χ3n) is 3.70. The van der Waals surface area contributed by atoms with Crippen LogP contribution in [0.4, 0.5) is 8.78 Å². The number of aliphatic hydroxyl groups excluding tert-OH is 1. The lowest BCUT2D eigenvalue weighted by atomic mass is 10.1. The van der Waals surface area contributed by atoms with E-state index in [1.165, 1.54) is 12.1 Å². The fourth-order valence-corrected chi connectivity index (χ4v) is 2.82. The molecule has 0 bridgehead atoms. The maximum atomic E-state index is 12.5. The van der Waals surface area contributed by atoms with E-state index in [9.17, 15) is 13.9 Å². The summed E-state index contributed by atoms with van der Waals surface area (Å²) >= 11 is 5.96. The number of hydrogen-bond acceptors (Lipinski definition) is 5. The molecule has 0 aliphatic carbocycles. The predicted octanol–water partition coefficient (Wildman–Crippen LogP) is 2.04. The van der Waals surface area contributed by atoms with Crippen molar-refractivity contribution in [3.05, 3.63) is 40.2 Å². The zero-order chi connectivity index (χ0) is 16.4. The van der Waals surface area contributed by atoms with E-state index in [0.717, 1.165) is 5.69 Å². The Kier molecular flexibility index (Phi) is 4.74. The molecule has 1 aromatic heterocycles. The Morgan fingerprint density at radius 1 is 1.35 bits per heavy atom. The molecular formula is C14H15ClF2N4O2. The van der Waals surface area contributed by atoms with Gasteiger partial charge in [0.05, 0.1) is 18.8 Å². The predicted molar refractivity (Wildman–Crippen MR) is 78.1 cm³/mol. The maximum Gasteiger partial charge on any atom is 0.387 e. The Morgan fingerprint density at radius 2 is 2.17 bits per heavy atom. The average molecular weight is 345 g/mol. The first-order valence-corrected chi connectivity index (χ1v) is 7.42. The van der Waals surface area contributed by atoms with Crippen LogP contribution >= 0.6 is 11.6 Å². The van der Waals surface area contributed by atoms with Gasteiger partial charge in [0.15, 0.2) is 0 Å². The number of hydrogen-bond donors (Lipinski definition) is 1. The van der Waals surface area contributed by atoms with Gasteiger partial charge >= 0.3 is 6.61 Å². The smallest absolute Gasteiger partial charge is 0.387 e. The van der Waals surface area contributed by atoms with E-state index in [4.69, 9.17) is 11.6 Å². The summed E-state index contributed by atoms with van der Waals surface area (Å²) in [5.41, 5.74) is 1.95. The van der Waals surface area contributed by atoms with E-state index < -0.39 is 6.61 Å². The van der Waals surface area contributed by atoms with Crippen molar-refractivity contribution >= 4 is 11.6 Å². The lowest BCUT2D eigenvalue weighted by molar-refractivity contribution is -0.0508. The number of rotatable bonds is 5. The van der Waals surface area contributed by atoms with Gasteiger partial charge in [-0.05, 0) is 18.2 Å². The molecule has 9 heteroatoms. The molecule has 3 rings (SSSR count). The second-order valence-corrected chi connectivity index (χ2v) is 5.64. The van der Waals surface area contributed by atoms with Gasteiger partial charge < -0.3 is 9.84 Å². The number of alkyl halides is 2. The van der Waals surface area contributed by atoms with E-state index in [2.05, 4.69) is 15.0 Å². The lowest BCUT2D eigenvalue weighted by Crippen LogP contribution is -2.34. The molecule has 0 atom stereocenters. The van der Waals surface area contributed by atoms with Gasteiger partial charge in [-0.2, -0.15) is 8.78 Å². The fourth-order valence-electron chi connectivity index (χ4n) is 2.63. The van der Waals surface area contributed by atoms with Crippen molar-refractivity contribution in [2.75, 3.05) is 6.54 Å². The molecular weight excluding hydrogens is 330 g/mol. The molecule has 0 spiro atoms. The highest BCUT2D eigenvalue weighted by atomic mass is 35.5. The molecule has 23 heavy (non-hydrogen) atoms. The van der Waals surface area contributed by atoms with E-state index in [0.29, 0.717) is 42.5 Å². The second kappa shape index (κ2) is 6.77. The normalized spacial score (nSPS) is 15.0. The van der Waals surface area contributed by atoms with Crippen molar-refractivity contribution < 1.29 is 18.6 Å². The van der Waals surface area contributed by atoms with E-state index in [1.807, 2.05) is 4.90 Å². The summed E-state index contributed by atoms with van der Waals surface area (Å²) in [6, 6.07) is 4.58. The fraction of sp³-hybridized carbons (Fsp3) is 0.429. The zero-order valence-electron chi connectivity index (χ0n) is 12.1. The number of nitrogens with zero attached hydrogens (tertiary/aromatic N) is 4. The van der Waals surface area contributed by atoms with Crippen molar-refractivity contribution in [1.82, 2.24) is 19.9 Å². The van der Waals surface area contributed by atoms with E-state index >= 15 is 0 Å². The molecule has 1 N–H and O–H groups in total. The summed E-state index contributed by atoms with van der Waals surface area (Å²) in [6.45, 7) is -0.846. The van der Waals surface area contributed by atoms with Crippen molar-refractivity contribution in [2.24, 2.45) is 0 Å². The van der Waals surface area contributed by atoms with Crippen LogP contribution in [0.5, 0.6) is 5.75 Å². The first-order valence-electron chi connectivity index (χ1n) is 7.04. The van der Waals surface area contributed by atoms with Gasteiger partial charge in [-0.1, -0.05) is 16.8 Å². The van der Waals surface area contributed by atoms with Gasteiger partial charge in [0.1, 0.15) is 11.4 Å². The molecule has 0 fully saturated rings. The number of aromatic nitrogens is 3. The number of benzene rings is 1. The van der Waals surface area contributed by atoms with Crippen molar-refractivity contribution in [3.63, 3.8) is 0 Å². The zero-order valence-corrected chi connectivity index (χ0v) is 12.9. The second-order valence-electron chi connectivity index (χ2n) is 5.21. The summed E-state index contributed by atoms with van der Waals surface area (Å²) in [4.78, 5) is 2.04. The maximum absolute atomic E-state index is 12.5. The Bertz CT molecular complexity index is 682. The Labute approximate surface area is 136 Å². The van der Waals surface area contributed by atoms with Gasteiger partial charge in [-0.15, -0.1) is 5.10 Å². The van der Waals surface area contributed by atoms with Crippen LogP contribution in [0.2, 0.25) is 5.02 Å². The van der Waals surface area contributed by atoms with Crippen LogP contribution in [-0.4, -0.2) is 38.2 Å². The highest BCUT2D eigenvalue weighted by molar-refractivity contribution is 6.30. The molecule has 0 unspecified atom stereocenters. The number of aliphatic hydroxyl groups is 1. The number of halogens is 3. The summed E-state index contributed by atoms with van der Waals surface area (Å²) in [5, 5.41) is 17.6. The van der Waals surface area contributed by atoms with Crippen molar-refractivity contribution in [2.45, 2.75) is 32.9 Å². The van der Waals surface area contributed by atoms with Crippen LogP contribution in [-0.2, 0) is 26.2 Å². The minimum absolute atomic E-state index is 0.115. The first-order chi connectivity index (χ1) is 11.1. The van der Waals surface area contributed by atoms with Gasteiger partial charge in [0, 0.05) is 30.2 Å². The van der Waals surface area contributed by atoms with Crippen LogP contribution in [0, 0.1) is 0 Å². The first kappa shape index (κ1) is 16.1. The minimum atomic E-state index is -2.89. The monoisotopic (exact) mass is 344 g/mol. The topological polar surface area (TPSA) is 63.4 Å². The Balaban J connectivity index is 1.79. The van der Waals surface area contributed by atoms with Crippen molar-refractivity contribution in [1.29, 1.82) is 0 Å². The standard InChI is InChI=1S/C14H15ClF2N4O2/c15-10-1-2-13(23-14(16)17)9(5-10)6-20-3-4-21-12(7-20)11(8-22)18-19-21/h1-2,5,14,22H,3-4,6-8H2. The number of ether oxygens (including phenoxy) is 1. The summed E-state index contributed by atoms with van der Waals surface area (Å²) < 4.78 is 31.3. The molecule has 0 radical (unpaired) electrons. The lowest BCUT2D eigenvalue weighted by Gasteiger charge is -2.28. The molecule has 0 saturated carbocycles. The summed E-state index contributed by atoms with van der Waals surface area (Å²) in [5.74, 6) is 0.115. The van der Waals surface area contributed by atoms with Gasteiger partial charge in [-0.3, -0.25) is 4.90 Å². The summed E-state index contributed by atoms with van der Waals surface area (Å²) in [7, 11) is 0. The van der Waals surface area contributed by atoms with Crippen LogP contribution in [0.1, 0.15) is 17.0 Å². The van der Waals surface area contributed by atoms with Crippen LogP contribution in [0.15, 0.2) is 18.2 Å². The average Bonchev–Trinajstić information content (AvgIpc) is 2.92. The quantitative estimate of drug-likeness (QED) is 0.899. The Morgan fingerprint density at radius 3 is 2.91 bits per heavy atom. The highest BCUT2D eigenvalue weighted by Gasteiger charge is 2.22. The summed E-state index contributed by atoms with van der Waals surface area (Å²) in [6.07, 6.45) is 0. The molecule has 2 aromatic rings. The third-order valence-corrected chi connectivity index (χ3v) is 3.94. The van der Waals surface area contributed by atoms with Gasteiger partial charge in [0.2, 0.25) is 0 Å². The highest BCUT2D eigenvalue weighted by Crippen LogP contribution is 2.27. The Hall–Kier alpha value is -1.77. The molecule has 1 aliphatic heterocycles. The van der Waals surface area contributed by atoms with Crippen LogP contribution < -0.4 is 4.74 Å². The van der Waals surface area contributed by atoms with Crippen LogP contribution in [0.3, 0.4) is 0 Å². The van der Waals surface area contributed by atoms with Gasteiger partial charge in [0.25, 0.3) is 0 Å². The van der Waals surface area contributed by atoms with Gasteiger partial charge in [-0.25, -0.2) is 4.68 Å². The molecule has 1 aromatic carbocycles. The molecule has 2 heterocycles. The molecule has 6 nitrogen and oxygen atoms in total. The SMILES string of the molecule is OCc1nnn2c1CN(Cc1cc(Cl)ccc1OC(F)F)CC2. The molecule has 0 saturated heterocycles. The molecule has 124 valence electrons. The number of fused-ring (bicyclic) bond motifs is 1. The van der Waals surface area contributed by atoms with Crippen LogP contribution in [0.25, 0.3) is 0 Å². The molecule has 1 aliphatic rings. The third kappa shape index (κ3) is 3.60. The largest absolute Gasteiger partial charge is 0.434 e. The minimum Gasteiger partial charge on any atom is -0.434 e. The molecule has 0 amide bonds. The van der Waals surface area contributed by atoms with E-state index in [1.54, 1.807) is 10.7 Å². The van der Waals surface area contributed by atoms with E-state index in [-0.39, 0.29) is 12.4 Å².